The van der Waals surface area contributed by atoms with E-state index in [2.05, 4.69) is 4.90 Å². The van der Waals surface area contributed by atoms with Crippen LogP contribution in [0.25, 0.3) is 0 Å². The zero-order chi connectivity index (χ0) is 13.6. The van der Waals surface area contributed by atoms with Gasteiger partial charge in [-0.1, -0.05) is 0 Å². The number of likely N-dealkylation sites (N-methyl/N-ethyl adjacent to an activating group) is 1. The highest BCUT2D eigenvalue weighted by molar-refractivity contribution is 5.41. The van der Waals surface area contributed by atoms with E-state index >= 15 is 0 Å². The van der Waals surface area contributed by atoms with Crippen LogP contribution in [-0.4, -0.2) is 42.4 Å². The Morgan fingerprint density at radius 1 is 1.28 bits per heavy atom. The van der Waals surface area contributed by atoms with E-state index < -0.39 is 5.60 Å². The molecule has 0 fully saturated rings. The third-order valence-electron chi connectivity index (χ3n) is 2.49. The summed E-state index contributed by atoms with van der Waals surface area (Å²) in [6.07, 6.45) is 0.928. The molecule has 0 aromatic heterocycles. The van der Waals surface area contributed by atoms with Crippen molar-refractivity contribution in [3.63, 3.8) is 0 Å². The summed E-state index contributed by atoms with van der Waals surface area (Å²) in [6, 6.07) is 7.40. The lowest BCUT2D eigenvalue weighted by atomic mass is 10.1. The third kappa shape index (κ3) is 6.47. The lowest BCUT2D eigenvalue weighted by Crippen LogP contribution is -2.37. The average Bonchev–Trinajstić information content (AvgIpc) is 2.24. The van der Waals surface area contributed by atoms with E-state index in [0.717, 1.165) is 24.4 Å². The molecule has 3 N–H and O–H groups in total. The maximum absolute atomic E-state index is 9.66. The summed E-state index contributed by atoms with van der Waals surface area (Å²) in [7, 11) is 2.00. The minimum absolute atomic E-state index is 0.646. The Hall–Kier alpha value is -1.26. The first-order chi connectivity index (χ1) is 8.37. The predicted octanol–water partition coefficient (Wildman–Crippen LogP) is 1.74. The summed E-state index contributed by atoms with van der Waals surface area (Å²) in [6.45, 7) is 5.86. The fraction of sp³-hybridized carbons (Fsp3) is 0.571. The van der Waals surface area contributed by atoms with Crippen LogP contribution < -0.4 is 10.5 Å². The maximum atomic E-state index is 9.66. The summed E-state index contributed by atoms with van der Waals surface area (Å²) >= 11 is 0. The molecular weight excluding hydrogens is 228 g/mol. The highest BCUT2D eigenvalue weighted by Gasteiger charge is 2.14. The number of aliphatic hydroxyl groups is 1. The average molecular weight is 252 g/mol. The Bertz CT molecular complexity index is 344. The first-order valence-electron chi connectivity index (χ1n) is 6.26. The largest absolute Gasteiger partial charge is 0.494 e. The molecule has 1 aromatic carbocycles. The molecule has 4 heteroatoms. The summed E-state index contributed by atoms with van der Waals surface area (Å²) in [5.74, 6) is 0.842. The Balaban J connectivity index is 2.17. The minimum atomic E-state index is -0.646. The molecule has 1 aromatic rings. The Labute approximate surface area is 109 Å². The van der Waals surface area contributed by atoms with Crippen molar-refractivity contribution in [3.8, 4) is 5.75 Å². The van der Waals surface area contributed by atoms with Crippen molar-refractivity contribution in [2.24, 2.45) is 0 Å². The van der Waals surface area contributed by atoms with E-state index in [9.17, 15) is 5.11 Å². The highest BCUT2D eigenvalue weighted by Crippen LogP contribution is 2.13. The van der Waals surface area contributed by atoms with Gasteiger partial charge in [-0.25, -0.2) is 0 Å². The second-order valence-electron chi connectivity index (χ2n) is 5.32. The van der Waals surface area contributed by atoms with Gasteiger partial charge in [0.05, 0.1) is 12.2 Å². The number of rotatable bonds is 7. The highest BCUT2D eigenvalue weighted by atomic mass is 16.5. The summed E-state index contributed by atoms with van der Waals surface area (Å²) < 4.78 is 5.60. The molecule has 0 bridgehead atoms. The molecule has 0 aliphatic heterocycles. The van der Waals surface area contributed by atoms with Gasteiger partial charge in [0.2, 0.25) is 0 Å². The molecule has 0 amide bonds. The molecule has 4 nitrogen and oxygen atoms in total. The van der Waals surface area contributed by atoms with E-state index in [1.807, 2.05) is 45.2 Å². The van der Waals surface area contributed by atoms with Crippen molar-refractivity contribution in [1.29, 1.82) is 0 Å². The molecule has 0 saturated heterocycles. The first-order valence-corrected chi connectivity index (χ1v) is 6.26. The van der Waals surface area contributed by atoms with Crippen molar-refractivity contribution in [1.82, 2.24) is 4.90 Å². The minimum Gasteiger partial charge on any atom is -0.494 e. The van der Waals surface area contributed by atoms with Crippen LogP contribution in [0.2, 0.25) is 0 Å². The van der Waals surface area contributed by atoms with Gasteiger partial charge in [0.15, 0.2) is 0 Å². The van der Waals surface area contributed by atoms with Gasteiger partial charge >= 0.3 is 0 Å². The number of hydrogen-bond donors (Lipinski definition) is 2. The number of nitrogens with zero attached hydrogens (tertiary/aromatic N) is 1. The van der Waals surface area contributed by atoms with Gasteiger partial charge in [-0.05, 0) is 51.6 Å². The van der Waals surface area contributed by atoms with E-state index in [1.165, 1.54) is 0 Å². The summed E-state index contributed by atoms with van der Waals surface area (Å²) in [5, 5.41) is 9.66. The SMILES string of the molecule is CN(CCCOc1ccc(N)cc1)CC(C)(C)O. The molecule has 0 spiro atoms. The van der Waals surface area contributed by atoms with Gasteiger partial charge in [0, 0.05) is 18.8 Å². The van der Waals surface area contributed by atoms with Gasteiger partial charge < -0.3 is 20.5 Å². The number of nitrogen functional groups attached to an aromatic ring is 1. The van der Waals surface area contributed by atoms with Gasteiger partial charge in [0.25, 0.3) is 0 Å². The molecule has 18 heavy (non-hydrogen) atoms. The fourth-order valence-corrected chi connectivity index (χ4v) is 1.83. The number of hydrogen-bond acceptors (Lipinski definition) is 4. The van der Waals surface area contributed by atoms with Crippen molar-refractivity contribution < 1.29 is 9.84 Å². The second kappa shape index (κ2) is 6.61. The molecular formula is C14H24N2O2. The van der Waals surface area contributed by atoms with E-state index in [-0.39, 0.29) is 0 Å². The smallest absolute Gasteiger partial charge is 0.119 e. The van der Waals surface area contributed by atoms with Crippen molar-refractivity contribution >= 4 is 5.69 Å². The number of anilines is 1. The Morgan fingerprint density at radius 3 is 2.44 bits per heavy atom. The van der Waals surface area contributed by atoms with E-state index in [0.29, 0.717) is 13.2 Å². The molecule has 0 aliphatic rings. The summed E-state index contributed by atoms with van der Waals surface area (Å²) in [5.41, 5.74) is 5.69. The number of nitrogens with two attached hydrogens (primary N) is 1. The van der Waals surface area contributed by atoms with Crippen LogP contribution in [0.3, 0.4) is 0 Å². The van der Waals surface area contributed by atoms with Crippen LogP contribution in [0.1, 0.15) is 20.3 Å². The van der Waals surface area contributed by atoms with Crippen LogP contribution >= 0.6 is 0 Å². The lowest BCUT2D eigenvalue weighted by Gasteiger charge is -2.25. The fourth-order valence-electron chi connectivity index (χ4n) is 1.83. The third-order valence-corrected chi connectivity index (χ3v) is 2.49. The van der Waals surface area contributed by atoms with Crippen LogP contribution in [0.15, 0.2) is 24.3 Å². The van der Waals surface area contributed by atoms with Crippen molar-refractivity contribution in [2.75, 3.05) is 32.5 Å². The second-order valence-corrected chi connectivity index (χ2v) is 5.32. The monoisotopic (exact) mass is 252 g/mol. The van der Waals surface area contributed by atoms with E-state index in [4.69, 9.17) is 10.5 Å². The maximum Gasteiger partial charge on any atom is 0.119 e. The van der Waals surface area contributed by atoms with E-state index in [1.54, 1.807) is 0 Å². The van der Waals surface area contributed by atoms with Gasteiger partial charge in [-0.15, -0.1) is 0 Å². The molecule has 1 rings (SSSR count). The molecule has 102 valence electrons. The first kappa shape index (κ1) is 14.8. The van der Waals surface area contributed by atoms with Crippen molar-refractivity contribution in [2.45, 2.75) is 25.9 Å². The zero-order valence-electron chi connectivity index (χ0n) is 11.5. The quantitative estimate of drug-likeness (QED) is 0.573. The van der Waals surface area contributed by atoms with Crippen LogP contribution in [0.5, 0.6) is 5.75 Å². The molecule has 0 saturated carbocycles. The van der Waals surface area contributed by atoms with Gasteiger partial charge in [-0.3, -0.25) is 0 Å². The molecule has 0 radical (unpaired) electrons. The zero-order valence-corrected chi connectivity index (χ0v) is 11.5. The van der Waals surface area contributed by atoms with Crippen molar-refractivity contribution in [3.05, 3.63) is 24.3 Å². The molecule has 0 heterocycles. The Kier molecular flexibility index (Phi) is 5.44. The van der Waals surface area contributed by atoms with Crippen LogP contribution in [-0.2, 0) is 0 Å². The molecule has 0 atom stereocenters. The van der Waals surface area contributed by atoms with Gasteiger partial charge in [-0.2, -0.15) is 0 Å². The number of ether oxygens (including phenoxy) is 1. The number of benzene rings is 1. The lowest BCUT2D eigenvalue weighted by molar-refractivity contribution is 0.0433. The standard InChI is InChI=1S/C14H24N2O2/c1-14(2,17)11-16(3)9-4-10-18-13-7-5-12(15)6-8-13/h5-8,17H,4,9-11,15H2,1-3H3. The van der Waals surface area contributed by atoms with Crippen LogP contribution in [0.4, 0.5) is 5.69 Å². The predicted molar refractivity (Wildman–Crippen MR) is 74.8 cm³/mol. The van der Waals surface area contributed by atoms with Crippen LogP contribution in [0, 0.1) is 0 Å². The van der Waals surface area contributed by atoms with Gasteiger partial charge in [0.1, 0.15) is 5.75 Å². The summed E-state index contributed by atoms with van der Waals surface area (Å²) in [4.78, 5) is 2.10. The normalized spacial score (nSPS) is 11.8. The topological polar surface area (TPSA) is 58.7 Å². The Morgan fingerprint density at radius 2 is 1.89 bits per heavy atom. The molecule has 0 aliphatic carbocycles. The molecule has 0 unspecified atom stereocenters.